The number of carboxylic acid groups (broad SMARTS) is 1. The van der Waals surface area contributed by atoms with E-state index in [1.165, 1.54) is 0 Å². The van der Waals surface area contributed by atoms with Gasteiger partial charge in [0, 0.05) is 13.0 Å². The van der Waals surface area contributed by atoms with E-state index in [9.17, 15) is 28.8 Å². The van der Waals surface area contributed by atoms with Gasteiger partial charge in [-0.25, -0.2) is 4.79 Å². The van der Waals surface area contributed by atoms with Gasteiger partial charge in [0.2, 0.25) is 29.5 Å². The molecular formula is C16H26N6O7. The van der Waals surface area contributed by atoms with E-state index in [4.69, 9.17) is 22.3 Å². The molecule has 0 saturated carbocycles. The number of nitrogens with two attached hydrogens (primary N) is 3. The minimum absolute atomic E-state index is 0.161. The van der Waals surface area contributed by atoms with Crippen molar-refractivity contribution in [3.05, 3.63) is 0 Å². The Morgan fingerprint density at radius 1 is 1.07 bits per heavy atom. The van der Waals surface area contributed by atoms with E-state index in [1.54, 1.807) is 0 Å². The van der Waals surface area contributed by atoms with Gasteiger partial charge in [-0.2, -0.15) is 0 Å². The maximum atomic E-state index is 12.4. The molecule has 13 heteroatoms. The number of nitrogens with zero attached hydrogens (tertiary/aromatic N) is 1. The van der Waals surface area contributed by atoms with Gasteiger partial charge in [0.1, 0.15) is 12.1 Å². The highest BCUT2D eigenvalue weighted by atomic mass is 16.4. The van der Waals surface area contributed by atoms with Crippen molar-refractivity contribution in [2.75, 3.05) is 13.1 Å². The summed E-state index contributed by atoms with van der Waals surface area (Å²) < 4.78 is 0. The SMILES string of the molecule is NC(=O)CCC(NC(=O)C(N)CC(N)=O)C(=O)NCC(=O)N1CCCC1C(=O)O. The lowest BCUT2D eigenvalue weighted by molar-refractivity contribution is -0.148. The summed E-state index contributed by atoms with van der Waals surface area (Å²) in [5.74, 6) is -4.87. The van der Waals surface area contributed by atoms with Crippen LogP contribution in [0, 0.1) is 0 Å². The third-order valence-corrected chi connectivity index (χ3v) is 4.34. The molecule has 0 spiro atoms. The minimum Gasteiger partial charge on any atom is -0.480 e. The van der Waals surface area contributed by atoms with Gasteiger partial charge in [-0.1, -0.05) is 0 Å². The maximum Gasteiger partial charge on any atom is 0.326 e. The van der Waals surface area contributed by atoms with E-state index in [1.807, 2.05) is 0 Å². The Kier molecular flexibility index (Phi) is 8.99. The van der Waals surface area contributed by atoms with Gasteiger partial charge < -0.3 is 37.8 Å². The fourth-order valence-electron chi connectivity index (χ4n) is 2.85. The molecule has 9 N–H and O–H groups in total. The number of aliphatic carboxylic acids is 1. The average Bonchev–Trinajstić information content (AvgIpc) is 3.12. The quantitative estimate of drug-likeness (QED) is 0.195. The molecule has 0 aromatic rings. The number of carbonyl (C=O) groups excluding carboxylic acids is 5. The van der Waals surface area contributed by atoms with Crippen molar-refractivity contribution in [3.63, 3.8) is 0 Å². The van der Waals surface area contributed by atoms with Gasteiger partial charge in [-0.3, -0.25) is 24.0 Å². The number of carboxylic acids is 1. The van der Waals surface area contributed by atoms with E-state index in [2.05, 4.69) is 10.6 Å². The van der Waals surface area contributed by atoms with Crippen LogP contribution in [0.1, 0.15) is 32.1 Å². The molecule has 3 atom stereocenters. The van der Waals surface area contributed by atoms with Crippen LogP contribution in [0.25, 0.3) is 0 Å². The zero-order chi connectivity index (χ0) is 22.1. The second-order valence-corrected chi connectivity index (χ2v) is 6.64. The standard InChI is InChI=1S/C16H26N6O7/c17-8(6-12(19)24)14(26)21-9(3-4-11(18)23)15(27)20-7-13(25)22-5-1-2-10(22)16(28)29/h8-10H,1-7,17H2,(H2,18,23)(H2,19,24)(H,20,27)(H,21,26)(H,28,29). The lowest BCUT2D eigenvalue weighted by atomic mass is 10.1. The molecule has 1 saturated heterocycles. The second kappa shape index (κ2) is 10.9. The topological polar surface area (TPSA) is 228 Å². The van der Waals surface area contributed by atoms with Gasteiger partial charge in [0.25, 0.3) is 0 Å². The van der Waals surface area contributed by atoms with Crippen LogP contribution >= 0.6 is 0 Å². The second-order valence-electron chi connectivity index (χ2n) is 6.64. The van der Waals surface area contributed by atoms with E-state index in [-0.39, 0.29) is 19.4 Å². The Morgan fingerprint density at radius 2 is 1.72 bits per heavy atom. The van der Waals surface area contributed by atoms with Gasteiger partial charge in [-0.15, -0.1) is 0 Å². The molecule has 3 unspecified atom stereocenters. The first-order chi connectivity index (χ1) is 13.5. The van der Waals surface area contributed by atoms with Crippen molar-refractivity contribution in [2.45, 2.75) is 50.2 Å². The molecule has 162 valence electrons. The van der Waals surface area contributed by atoms with Crippen molar-refractivity contribution >= 4 is 35.5 Å². The molecule has 13 nitrogen and oxygen atoms in total. The predicted octanol–water partition coefficient (Wildman–Crippen LogP) is -3.87. The normalized spacial score (nSPS) is 17.8. The Hall–Kier alpha value is -3.22. The highest BCUT2D eigenvalue weighted by molar-refractivity contribution is 5.94. The number of likely N-dealkylation sites (tertiary alicyclic amines) is 1. The lowest BCUT2D eigenvalue weighted by Crippen LogP contribution is -2.54. The highest BCUT2D eigenvalue weighted by Gasteiger charge is 2.34. The third kappa shape index (κ3) is 7.73. The Labute approximate surface area is 166 Å². The molecule has 5 amide bonds. The number of nitrogens with one attached hydrogen (secondary N) is 2. The van der Waals surface area contributed by atoms with E-state index in [0.29, 0.717) is 12.8 Å². The molecule has 1 rings (SSSR count). The summed E-state index contributed by atoms with van der Waals surface area (Å²) in [5, 5.41) is 13.7. The Balaban J connectivity index is 2.69. The molecule has 1 aliphatic heterocycles. The lowest BCUT2D eigenvalue weighted by Gasteiger charge is -2.23. The zero-order valence-electron chi connectivity index (χ0n) is 15.8. The Bertz CT molecular complexity index is 683. The van der Waals surface area contributed by atoms with Gasteiger partial charge in [-0.05, 0) is 19.3 Å². The monoisotopic (exact) mass is 414 g/mol. The summed E-state index contributed by atoms with van der Waals surface area (Å²) in [7, 11) is 0. The van der Waals surface area contributed by atoms with Crippen LogP contribution in [-0.4, -0.2) is 76.7 Å². The number of hydrogen-bond donors (Lipinski definition) is 6. The van der Waals surface area contributed by atoms with Crippen molar-refractivity contribution < 1.29 is 33.9 Å². The summed E-state index contributed by atoms with van der Waals surface area (Å²) in [5.41, 5.74) is 15.5. The fourth-order valence-corrected chi connectivity index (χ4v) is 2.85. The zero-order valence-corrected chi connectivity index (χ0v) is 15.8. The number of primary amides is 2. The molecule has 0 aromatic heterocycles. The number of carbonyl (C=O) groups is 6. The number of rotatable bonds is 11. The van der Waals surface area contributed by atoms with Crippen LogP contribution in [0.5, 0.6) is 0 Å². The molecule has 1 aliphatic rings. The largest absolute Gasteiger partial charge is 0.480 e. The maximum absolute atomic E-state index is 12.4. The summed E-state index contributed by atoms with van der Waals surface area (Å²) in [6.45, 7) is -0.228. The first kappa shape index (κ1) is 23.8. The molecule has 0 aromatic carbocycles. The fraction of sp³-hybridized carbons (Fsp3) is 0.625. The minimum atomic E-state index is -1.29. The molecule has 0 bridgehead atoms. The summed E-state index contributed by atoms with van der Waals surface area (Å²) in [4.78, 5) is 70.8. The van der Waals surface area contributed by atoms with Crippen molar-refractivity contribution in [1.29, 1.82) is 0 Å². The van der Waals surface area contributed by atoms with Crippen molar-refractivity contribution in [1.82, 2.24) is 15.5 Å². The van der Waals surface area contributed by atoms with Crippen LogP contribution in [0.4, 0.5) is 0 Å². The summed E-state index contributed by atoms with van der Waals surface area (Å²) in [6.07, 6.45) is 0.0201. The van der Waals surface area contributed by atoms with E-state index in [0.717, 1.165) is 4.90 Å². The Morgan fingerprint density at radius 3 is 2.28 bits per heavy atom. The molecule has 1 fully saturated rings. The van der Waals surface area contributed by atoms with E-state index >= 15 is 0 Å². The summed E-state index contributed by atoms with van der Waals surface area (Å²) in [6, 6.07) is -3.48. The van der Waals surface area contributed by atoms with Gasteiger partial charge >= 0.3 is 5.97 Å². The first-order valence-corrected chi connectivity index (χ1v) is 8.95. The van der Waals surface area contributed by atoms with Crippen molar-refractivity contribution in [2.24, 2.45) is 17.2 Å². The molecule has 1 heterocycles. The highest BCUT2D eigenvalue weighted by Crippen LogP contribution is 2.17. The molecule has 0 radical (unpaired) electrons. The van der Waals surface area contributed by atoms with Gasteiger partial charge in [0.15, 0.2) is 0 Å². The average molecular weight is 414 g/mol. The smallest absolute Gasteiger partial charge is 0.326 e. The van der Waals surface area contributed by atoms with Crippen LogP contribution in [0.15, 0.2) is 0 Å². The van der Waals surface area contributed by atoms with E-state index < -0.39 is 66.6 Å². The summed E-state index contributed by atoms with van der Waals surface area (Å²) >= 11 is 0. The molecule has 29 heavy (non-hydrogen) atoms. The number of hydrogen-bond acceptors (Lipinski definition) is 7. The van der Waals surface area contributed by atoms with Crippen LogP contribution < -0.4 is 27.8 Å². The van der Waals surface area contributed by atoms with Crippen LogP contribution in [0.2, 0.25) is 0 Å². The third-order valence-electron chi connectivity index (χ3n) is 4.34. The first-order valence-electron chi connectivity index (χ1n) is 8.95. The molecule has 0 aliphatic carbocycles. The molecular weight excluding hydrogens is 388 g/mol. The van der Waals surface area contributed by atoms with Gasteiger partial charge in [0.05, 0.1) is 19.0 Å². The van der Waals surface area contributed by atoms with Crippen molar-refractivity contribution in [3.8, 4) is 0 Å². The van der Waals surface area contributed by atoms with Crippen LogP contribution in [-0.2, 0) is 28.8 Å². The van der Waals surface area contributed by atoms with Crippen LogP contribution in [0.3, 0.4) is 0 Å². The predicted molar refractivity (Wildman–Crippen MR) is 97.5 cm³/mol. The number of amides is 5.